The molecule has 1 aromatic carbocycles. The number of benzene rings is 1. The summed E-state index contributed by atoms with van der Waals surface area (Å²) in [5, 5.41) is 1.11. The molecule has 1 aromatic heterocycles. The highest BCUT2D eigenvalue weighted by atomic mass is 32.2. The molecule has 17 heavy (non-hydrogen) atoms. The molecule has 0 aliphatic carbocycles. The summed E-state index contributed by atoms with van der Waals surface area (Å²) in [7, 11) is 1.92. The van der Waals surface area contributed by atoms with Crippen molar-refractivity contribution in [2.45, 2.75) is 25.7 Å². The van der Waals surface area contributed by atoms with Crippen LogP contribution in [0.4, 0.5) is 0 Å². The molecule has 0 bridgehead atoms. The molecule has 0 spiro atoms. The van der Waals surface area contributed by atoms with Crippen molar-refractivity contribution in [2.24, 2.45) is 0 Å². The first-order chi connectivity index (χ1) is 8.29. The summed E-state index contributed by atoms with van der Waals surface area (Å²) >= 11 is 3.35. The van der Waals surface area contributed by atoms with Gasteiger partial charge in [-0.1, -0.05) is 26.0 Å². The van der Waals surface area contributed by atoms with E-state index in [1.807, 2.05) is 34.0 Å². The summed E-state index contributed by atoms with van der Waals surface area (Å²) < 4.78 is 3.05. The maximum atomic E-state index is 4.25. The normalized spacial score (nSPS) is 9.65. The number of aryl methyl sites for hydroxylation is 1. The van der Waals surface area contributed by atoms with Gasteiger partial charge in [0.15, 0.2) is 0 Å². The minimum Gasteiger partial charge on any atom is -0.263 e. The van der Waals surface area contributed by atoms with Crippen molar-refractivity contribution in [3.05, 3.63) is 35.5 Å². The Morgan fingerprint density at radius 1 is 1.18 bits per heavy atom. The van der Waals surface area contributed by atoms with Gasteiger partial charge in [-0.3, -0.25) is 4.72 Å². The molecule has 2 rings (SSSR count). The van der Waals surface area contributed by atoms with Gasteiger partial charge in [0.1, 0.15) is 0 Å². The molecule has 0 saturated carbocycles. The molecule has 1 heterocycles. The lowest BCUT2D eigenvalue weighted by molar-refractivity contribution is 1.28. The van der Waals surface area contributed by atoms with E-state index in [0.29, 0.717) is 0 Å². The molecule has 0 saturated heterocycles. The molecule has 2 aromatic rings. The smallest absolute Gasteiger partial charge is 0.0900 e. The fraction of sp³-hybridized carbons (Fsp3) is 0.308. The van der Waals surface area contributed by atoms with Crippen LogP contribution in [0.25, 0.3) is 10.4 Å². The van der Waals surface area contributed by atoms with E-state index in [1.165, 1.54) is 15.3 Å². The third-order valence-electron chi connectivity index (χ3n) is 1.98. The highest BCUT2D eigenvalue weighted by Gasteiger charge is 2.01. The quantitative estimate of drug-likeness (QED) is 0.835. The minimum absolute atomic E-state index is 1.11. The summed E-state index contributed by atoms with van der Waals surface area (Å²) in [5.41, 5.74) is 1.24. The second-order valence-electron chi connectivity index (χ2n) is 3.07. The van der Waals surface area contributed by atoms with E-state index in [0.717, 1.165) is 5.01 Å². The van der Waals surface area contributed by atoms with Crippen LogP contribution < -0.4 is 4.72 Å². The van der Waals surface area contributed by atoms with E-state index >= 15 is 0 Å². The fourth-order valence-corrected chi connectivity index (χ4v) is 2.59. The summed E-state index contributed by atoms with van der Waals surface area (Å²) in [4.78, 5) is 6.71. The molecule has 0 atom stereocenters. The third kappa shape index (κ3) is 4.15. The van der Waals surface area contributed by atoms with E-state index in [1.54, 1.807) is 23.3 Å². The van der Waals surface area contributed by atoms with Crippen LogP contribution in [0.2, 0.25) is 0 Å². The van der Waals surface area contributed by atoms with E-state index in [-0.39, 0.29) is 0 Å². The number of hydrogen-bond acceptors (Lipinski definition) is 4. The molecular formula is C13H18N2S2. The monoisotopic (exact) mass is 266 g/mol. The summed E-state index contributed by atoms with van der Waals surface area (Å²) in [6.45, 7) is 6.03. The van der Waals surface area contributed by atoms with Crippen molar-refractivity contribution >= 4 is 23.3 Å². The van der Waals surface area contributed by atoms with Crippen molar-refractivity contribution < 1.29 is 0 Å². The second kappa shape index (κ2) is 7.48. The molecule has 0 radical (unpaired) electrons. The van der Waals surface area contributed by atoms with Gasteiger partial charge in [-0.25, -0.2) is 4.98 Å². The topological polar surface area (TPSA) is 24.9 Å². The molecule has 0 aliphatic heterocycles. The SMILES string of the molecule is CC.CNSc1ccc(-c2cnc(C)s2)cc1. The molecule has 0 amide bonds. The zero-order valence-corrected chi connectivity index (χ0v) is 12.3. The van der Waals surface area contributed by atoms with Crippen LogP contribution in [0.1, 0.15) is 18.9 Å². The molecule has 4 heteroatoms. The van der Waals surface area contributed by atoms with E-state index in [4.69, 9.17) is 0 Å². The minimum atomic E-state index is 1.11. The molecular weight excluding hydrogens is 248 g/mol. The Morgan fingerprint density at radius 3 is 2.29 bits per heavy atom. The van der Waals surface area contributed by atoms with Gasteiger partial charge in [0.2, 0.25) is 0 Å². The largest absolute Gasteiger partial charge is 0.263 e. The number of hydrogen-bond donors (Lipinski definition) is 1. The van der Waals surface area contributed by atoms with Gasteiger partial charge in [-0.15, -0.1) is 11.3 Å². The molecule has 0 aliphatic rings. The number of aromatic nitrogens is 1. The van der Waals surface area contributed by atoms with E-state index in [2.05, 4.69) is 34.0 Å². The first-order valence-electron chi connectivity index (χ1n) is 5.66. The zero-order chi connectivity index (χ0) is 12.7. The van der Waals surface area contributed by atoms with Crippen LogP contribution in [0.15, 0.2) is 35.4 Å². The first-order valence-corrected chi connectivity index (χ1v) is 7.29. The van der Waals surface area contributed by atoms with Gasteiger partial charge in [0.25, 0.3) is 0 Å². The number of rotatable bonds is 3. The van der Waals surface area contributed by atoms with Crippen molar-refractivity contribution in [1.29, 1.82) is 0 Å². The Kier molecular flexibility index (Phi) is 6.26. The molecule has 1 N–H and O–H groups in total. The maximum Gasteiger partial charge on any atom is 0.0900 e. The standard InChI is InChI=1S/C11H12N2S2.C2H6/c1-8-13-7-11(14-8)9-3-5-10(6-4-9)15-12-2;1-2/h3-7,12H,1-2H3;1-2H3. The predicted molar refractivity (Wildman–Crippen MR) is 78.6 cm³/mol. The number of nitrogens with zero attached hydrogens (tertiary/aromatic N) is 1. The lowest BCUT2D eigenvalue weighted by Crippen LogP contribution is -1.89. The van der Waals surface area contributed by atoms with Gasteiger partial charge in [-0.05, 0) is 43.6 Å². The fourth-order valence-electron chi connectivity index (χ4n) is 1.30. The van der Waals surface area contributed by atoms with Gasteiger partial charge < -0.3 is 0 Å². The average molecular weight is 266 g/mol. The van der Waals surface area contributed by atoms with Crippen LogP contribution in [0, 0.1) is 6.92 Å². The Hall–Kier alpha value is -0.840. The van der Waals surface area contributed by atoms with Crippen molar-refractivity contribution in [2.75, 3.05) is 7.05 Å². The number of nitrogens with one attached hydrogen (secondary N) is 1. The lowest BCUT2D eigenvalue weighted by atomic mass is 10.2. The van der Waals surface area contributed by atoms with Crippen molar-refractivity contribution in [3.8, 4) is 10.4 Å². The Balaban J connectivity index is 0.000000686. The Morgan fingerprint density at radius 2 is 1.82 bits per heavy atom. The summed E-state index contributed by atoms with van der Waals surface area (Å²) in [6, 6.07) is 8.50. The number of thiazole rings is 1. The van der Waals surface area contributed by atoms with Crippen LogP contribution in [-0.2, 0) is 0 Å². The maximum absolute atomic E-state index is 4.25. The van der Waals surface area contributed by atoms with Gasteiger partial charge >= 0.3 is 0 Å². The molecule has 0 fully saturated rings. The van der Waals surface area contributed by atoms with Crippen LogP contribution in [0.5, 0.6) is 0 Å². The Labute approximate surface area is 112 Å². The zero-order valence-electron chi connectivity index (χ0n) is 10.7. The molecule has 92 valence electrons. The second-order valence-corrected chi connectivity index (χ2v) is 5.39. The van der Waals surface area contributed by atoms with Gasteiger partial charge in [-0.2, -0.15) is 0 Å². The summed E-state index contributed by atoms with van der Waals surface area (Å²) in [5.74, 6) is 0. The van der Waals surface area contributed by atoms with Crippen LogP contribution in [-0.4, -0.2) is 12.0 Å². The Bertz CT molecular complexity index is 435. The van der Waals surface area contributed by atoms with Crippen LogP contribution in [0.3, 0.4) is 0 Å². The highest BCUT2D eigenvalue weighted by molar-refractivity contribution is 7.97. The van der Waals surface area contributed by atoms with E-state index in [9.17, 15) is 0 Å². The van der Waals surface area contributed by atoms with Crippen LogP contribution >= 0.6 is 23.3 Å². The van der Waals surface area contributed by atoms with Crippen molar-refractivity contribution in [1.82, 2.24) is 9.71 Å². The van der Waals surface area contributed by atoms with Gasteiger partial charge in [0, 0.05) is 11.1 Å². The van der Waals surface area contributed by atoms with Gasteiger partial charge in [0.05, 0.1) is 9.88 Å². The predicted octanol–water partition coefficient (Wildman–Crippen LogP) is 4.37. The molecule has 0 unspecified atom stereocenters. The van der Waals surface area contributed by atoms with E-state index < -0.39 is 0 Å². The lowest BCUT2D eigenvalue weighted by Gasteiger charge is -2.00. The molecule has 2 nitrogen and oxygen atoms in total. The third-order valence-corrected chi connectivity index (χ3v) is 3.65. The highest BCUT2D eigenvalue weighted by Crippen LogP contribution is 2.27. The van der Waals surface area contributed by atoms with Crippen molar-refractivity contribution in [3.63, 3.8) is 0 Å². The first kappa shape index (κ1) is 14.2. The summed E-state index contributed by atoms with van der Waals surface area (Å²) in [6.07, 6.45) is 1.93. The average Bonchev–Trinajstić information content (AvgIpc) is 2.80.